The molecule has 0 bridgehead atoms. The Hall–Kier alpha value is -1.95. The van der Waals surface area contributed by atoms with Gasteiger partial charge < -0.3 is 10.4 Å². The van der Waals surface area contributed by atoms with E-state index in [0.29, 0.717) is 5.82 Å². The van der Waals surface area contributed by atoms with Gasteiger partial charge in [0.25, 0.3) is 0 Å². The Morgan fingerprint density at radius 2 is 2.33 bits per heavy atom. The molecule has 2 rings (SSSR count). The van der Waals surface area contributed by atoms with Crippen molar-refractivity contribution in [2.45, 2.75) is 19.4 Å². The largest absolute Gasteiger partial charge is 0.478 e. The van der Waals surface area contributed by atoms with Crippen LogP contribution in [0.3, 0.4) is 0 Å². The van der Waals surface area contributed by atoms with Gasteiger partial charge in [0.2, 0.25) is 0 Å². The smallest absolute Gasteiger partial charge is 0.339 e. The summed E-state index contributed by atoms with van der Waals surface area (Å²) in [5.41, 5.74) is 0.174. The predicted molar refractivity (Wildman–Crippen MR) is 70.0 cm³/mol. The lowest BCUT2D eigenvalue weighted by Gasteiger charge is -2.16. The van der Waals surface area contributed by atoms with Crippen molar-refractivity contribution in [3.05, 3.63) is 40.5 Å². The fourth-order valence-electron chi connectivity index (χ4n) is 1.60. The van der Waals surface area contributed by atoms with Crippen LogP contribution in [-0.4, -0.2) is 21.0 Å². The lowest BCUT2D eigenvalue weighted by Crippen LogP contribution is -2.13. The molecule has 1 unspecified atom stereocenters. The number of carboxylic acids is 1. The van der Waals surface area contributed by atoms with Crippen molar-refractivity contribution in [2.75, 3.05) is 5.32 Å². The highest BCUT2D eigenvalue weighted by atomic mass is 32.1. The minimum Gasteiger partial charge on any atom is -0.478 e. The van der Waals surface area contributed by atoms with E-state index in [9.17, 15) is 4.79 Å². The number of anilines is 1. The molecule has 5 nitrogen and oxygen atoms in total. The van der Waals surface area contributed by atoms with Crippen molar-refractivity contribution >= 4 is 23.1 Å². The molecular formula is C12H13N3O2S. The lowest BCUT2D eigenvalue weighted by atomic mass is 10.2. The quantitative estimate of drug-likeness (QED) is 0.867. The molecule has 0 radical (unpaired) electrons. The highest BCUT2D eigenvalue weighted by Crippen LogP contribution is 2.24. The molecule has 2 N–H and O–H groups in total. The maximum absolute atomic E-state index is 11.1. The fourth-order valence-corrected chi connectivity index (χ4v) is 2.38. The summed E-state index contributed by atoms with van der Waals surface area (Å²) in [5, 5.41) is 15.1. The predicted octanol–water partition coefficient (Wildman–Crippen LogP) is 2.80. The molecule has 2 heterocycles. The van der Waals surface area contributed by atoms with E-state index in [4.69, 9.17) is 5.11 Å². The number of carbonyl (C=O) groups is 1. The van der Waals surface area contributed by atoms with E-state index in [-0.39, 0.29) is 11.6 Å². The number of thiazole rings is 1. The summed E-state index contributed by atoms with van der Waals surface area (Å²) in [6, 6.07) is 3.13. The molecule has 6 heteroatoms. The monoisotopic (exact) mass is 263 g/mol. The van der Waals surface area contributed by atoms with Gasteiger partial charge >= 0.3 is 5.97 Å². The zero-order chi connectivity index (χ0) is 13.0. The molecule has 0 aliphatic heterocycles. The Morgan fingerprint density at radius 3 is 2.94 bits per heavy atom. The third-order valence-electron chi connectivity index (χ3n) is 2.51. The third-order valence-corrected chi connectivity index (χ3v) is 3.40. The minimum atomic E-state index is -0.986. The van der Waals surface area contributed by atoms with Crippen molar-refractivity contribution < 1.29 is 9.90 Å². The van der Waals surface area contributed by atoms with Crippen LogP contribution in [0.15, 0.2) is 29.9 Å². The van der Waals surface area contributed by atoms with Crippen LogP contribution in [-0.2, 0) is 0 Å². The maximum atomic E-state index is 11.1. The van der Waals surface area contributed by atoms with Crippen molar-refractivity contribution in [2.24, 2.45) is 0 Å². The minimum absolute atomic E-state index is 0.0157. The summed E-state index contributed by atoms with van der Waals surface area (Å²) in [6.45, 7) is 2.02. The number of rotatable bonds is 5. The number of hydrogen-bond acceptors (Lipinski definition) is 5. The van der Waals surface area contributed by atoms with Gasteiger partial charge in [-0.05, 0) is 18.6 Å². The molecule has 0 fully saturated rings. The number of nitrogens with zero attached hydrogens (tertiary/aromatic N) is 2. The van der Waals surface area contributed by atoms with E-state index >= 15 is 0 Å². The van der Waals surface area contributed by atoms with E-state index in [1.54, 1.807) is 29.8 Å². The maximum Gasteiger partial charge on any atom is 0.339 e. The Bertz CT molecular complexity index is 528. The van der Waals surface area contributed by atoms with Gasteiger partial charge in [-0.15, -0.1) is 11.3 Å². The van der Waals surface area contributed by atoms with Gasteiger partial charge in [0, 0.05) is 17.8 Å². The third kappa shape index (κ3) is 2.65. The van der Waals surface area contributed by atoms with Gasteiger partial charge in [0.15, 0.2) is 0 Å². The molecule has 0 aliphatic rings. The summed E-state index contributed by atoms with van der Waals surface area (Å²) in [5.74, 6) is -0.605. The van der Waals surface area contributed by atoms with Gasteiger partial charge in [0.1, 0.15) is 16.4 Å². The molecule has 0 aliphatic carbocycles. The molecule has 0 saturated heterocycles. The van der Waals surface area contributed by atoms with Crippen LogP contribution in [0.2, 0.25) is 0 Å². The number of carboxylic acid groups (broad SMARTS) is 1. The Balaban J connectivity index is 2.25. The van der Waals surface area contributed by atoms with Crippen LogP contribution in [0.1, 0.15) is 34.8 Å². The molecule has 1 atom stereocenters. The number of aromatic carboxylic acids is 1. The van der Waals surface area contributed by atoms with Gasteiger partial charge in [-0.25, -0.2) is 14.8 Å². The molecule has 0 aromatic carbocycles. The van der Waals surface area contributed by atoms with Gasteiger partial charge in [-0.2, -0.15) is 0 Å². The Morgan fingerprint density at radius 1 is 1.50 bits per heavy atom. The van der Waals surface area contributed by atoms with Crippen LogP contribution in [0.4, 0.5) is 5.82 Å². The summed E-state index contributed by atoms with van der Waals surface area (Å²) in [6.07, 6.45) is 4.12. The average molecular weight is 263 g/mol. The standard InChI is InChI=1S/C12H13N3O2S/c1-2-9(11-14-6-7-18-11)15-10-8(12(16)17)4-3-5-13-10/h3-7,9H,2H2,1H3,(H,13,15)(H,16,17). The normalized spacial score (nSPS) is 12.1. The topological polar surface area (TPSA) is 75.1 Å². The van der Waals surface area contributed by atoms with Crippen LogP contribution < -0.4 is 5.32 Å². The molecule has 0 saturated carbocycles. The lowest BCUT2D eigenvalue weighted by molar-refractivity contribution is 0.0697. The second kappa shape index (κ2) is 5.59. The van der Waals surface area contributed by atoms with Crippen LogP contribution in [0.5, 0.6) is 0 Å². The number of hydrogen-bond donors (Lipinski definition) is 2. The average Bonchev–Trinajstić information content (AvgIpc) is 2.90. The first-order valence-corrected chi connectivity index (χ1v) is 6.44. The summed E-state index contributed by atoms with van der Waals surface area (Å²) < 4.78 is 0. The summed E-state index contributed by atoms with van der Waals surface area (Å²) in [4.78, 5) is 19.4. The van der Waals surface area contributed by atoms with Gasteiger partial charge in [0.05, 0.1) is 6.04 Å². The summed E-state index contributed by atoms with van der Waals surface area (Å²) >= 11 is 1.54. The first-order valence-electron chi connectivity index (χ1n) is 5.56. The molecule has 2 aromatic heterocycles. The number of pyridine rings is 1. The van der Waals surface area contributed by atoms with Crippen LogP contribution in [0, 0.1) is 0 Å². The van der Waals surface area contributed by atoms with E-state index in [0.717, 1.165) is 11.4 Å². The van der Waals surface area contributed by atoms with E-state index in [1.165, 1.54) is 6.07 Å². The highest BCUT2D eigenvalue weighted by molar-refractivity contribution is 7.09. The van der Waals surface area contributed by atoms with Crippen molar-refractivity contribution in [1.29, 1.82) is 0 Å². The Kier molecular flexibility index (Phi) is 3.88. The first-order chi connectivity index (χ1) is 8.72. The van der Waals surface area contributed by atoms with Gasteiger partial charge in [-0.1, -0.05) is 6.92 Å². The zero-order valence-corrected chi connectivity index (χ0v) is 10.6. The first kappa shape index (κ1) is 12.5. The van der Waals surface area contributed by atoms with Crippen molar-refractivity contribution in [3.63, 3.8) is 0 Å². The molecular weight excluding hydrogens is 250 g/mol. The SMILES string of the molecule is CCC(Nc1ncccc1C(=O)O)c1nccs1. The van der Waals surface area contributed by atoms with E-state index < -0.39 is 5.97 Å². The molecule has 0 amide bonds. The van der Waals surface area contributed by atoms with Crippen molar-refractivity contribution in [3.8, 4) is 0 Å². The Labute approximate surface area is 109 Å². The van der Waals surface area contributed by atoms with Gasteiger partial charge in [-0.3, -0.25) is 0 Å². The van der Waals surface area contributed by atoms with Crippen LogP contribution >= 0.6 is 11.3 Å². The van der Waals surface area contributed by atoms with Crippen molar-refractivity contribution in [1.82, 2.24) is 9.97 Å². The molecule has 18 heavy (non-hydrogen) atoms. The second-order valence-corrected chi connectivity index (χ2v) is 4.61. The van der Waals surface area contributed by atoms with E-state index in [1.807, 2.05) is 12.3 Å². The number of nitrogens with one attached hydrogen (secondary N) is 1. The summed E-state index contributed by atoms with van der Waals surface area (Å²) in [7, 11) is 0. The van der Waals surface area contributed by atoms with E-state index in [2.05, 4.69) is 15.3 Å². The molecule has 94 valence electrons. The highest BCUT2D eigenvalue weighted by Gasteiger charge is 2.16. The fraction of sp³-hybridized carbons (Fsp3) is 0.250. The molecule has 0 spiro atoms. The zero-order valence-electron chi connectivity index (χ0n) is 9.83. The second-order valence-electron chi connectivity index (χ2n) is 3.68. The molecule has 2 aromatic rings. The van der Waals surface area contributed by atoms with Crippen LogP contribution in [0.25, 0.3) is 0 Å². The number of aromatic nitrogens is 2.